The summed E-state index contributed by atoms with van der Waals surface area (Å²) in [7, 11) is 0. The second-order valence-corrected chi connectivity index (χ2v) is 7.08. The summed E-state index contributed by atoms with van der Waals surface area (Å²) in [5.41, 5.74) is 0.239. The predicted molar refractivity (Wildman–Crippen MR) is 81.3 cm³/mol. The minimum atomic E-state index is 0.239. The largest absolute Gasteiger partial charge is 0.396 e. The summed E-state index contributed by atoms with van der Waals surface area (Å²) in [6, 6.07) is 0. The summed E-state index contributed by atoms with van der Waals surface area (Å²) in [6.07, 6.45) is 13.5. The summed E-state index contributed by atoms with van der Waals surface area (Å²) in [6.45, 7) is 6.41. The maximum atomic E-state index is 9.85. The van der Waals surface area contributed by atoms with Crippen LogP contribution in [0.3, 0.4) is 0 Å². The highest BCUT2D eigenvalue weighted by Crippen LogP contribution is 2.37. The van der Waals surface area contributed by atoms with Crippen molar-refractivity contribution in [1.29, 1.82) is 0 Å². The standard InChI is InChI=1S/C17H33NO/c1-2-7-16-8-6-12-18(13-9-16)14-17(15-19)10-4-3-5-11-17/h16,19H,2-15H2,1H3. The Bertz CT molecular complexity index is 248. The van der Waals surface area contributed by atoms with Gasteiger partial charge in [-0.25, -0.2) is 0 Å². The van der Waals surface area contributed by atoms with Crippen LogP contribution in [0, 0.1) is 11.3 Å². The van der Waals surface area contributed by atoms with Gasteiger partial charge in [-0.3, -0.25) is 0 Å². The Balaban J connectivity index is 1.84. The van der Waals surface area contributed by atoms with Crippen molar-refractivity contribution in [2.24, 2.45) is 11.3 Å². The van der Waals surface area contributed by atoms with Crippen molar-refractivity contribution >= 4 is 0 Å². The fraction of sp³-hybridized carbons (Fsp3) is 1.00. The maximum absolute atomic E-state index is 9.85. The van der Waals surface area contributed by atoms with Gasteiger partial charge in [-0.2, -0.15) is 0 Å². The zero-order valence-corrected chi connectivity index (χ0v) is 12.9. The Morgan fingerprint density at radius 1 is 1.05 bits per heavy atom. The molecule has 1 heterocycles. The minimum Gasteiger partial charge on any atom is -0.396 e. The molecule has 2 aliphatic rings. The van der Waals surface area contributed by atoms with Crippen LogP contribution in [-0.2, 0) is 0 Å². The van der Waals surface area contributed by atoms with Crippen molar-refractivity contribution in [3.8, 4) is 0 Å². The van der Waals surface area contributed by atoms with Crippen LogP contribution >= 0.6 is 0 Å². The van der Waals surface area contributed by atoms with E-state index in [4.69, 9.17) is 0 Å². The number of aliphatic hydroxyl groups excluding tert-OH is 1. The number of aliphatic hydroxyl groups is 1. The van der Waals surface area contributed by atoms with Crippen LogP contribution in [0.15, 0.2) is 0 Å². The number of nitrogens with zero attached hydrogens (tertiary/aromatic N) is 1. The van der Waals surface area contributed by atoms with Crippen molar-refractivity contribution in [2.75, 3.05) is 26.2 Å². The lowest BCUT2D eigenvalue weighted by Gasteiger charge is -2.39. The van der Waals surface area contributed by atoms with E-state index < -0.39 is 0 Å². The molecule has 0 aromatic rings. The molecule has 1 saturated carbocycles. The van der Waals surface area contributed by atoms with Crippen LogP contribution in [0.4, 0.5) is 0 Å². The molecule has 0 aromatic carbocycles. The van der Waals surface area contributed by atoms with Crippen LogP contribution in [0.5, 0.6) is 0 Å². The van der Waals surface area contributed by atoms with E-state index in [1.807, 2.05) is 0 Å². The van der Waals surface area contributed by atoms with E-state index in [-0.39, 0.29) is 5.41 Å². The normalized spacial score (nSPS) is 29.1. The number of likely N-dealkylation sites (tertiary alicyclic amines) is 1. The summed E-state index contributed by atoms with van der Waals surface area (Å²) in [4.78, 5) is 2.66. The van der Waals surface area contributed by atoms with E-state index >= 15 is 0 Å². The lowest BCUT2D eigenvalue weighted by Crippen LogP contribution is -2.42. The summed E-state index contributed by atoms with van der Waals surface area (Å²) in [5, 5.41) is 9.85. The molecule has 2 rings (SSSR count). The molecule has 0 aromatic heterocycles. The van der Waals surface area contributed by atoms with Gasteiger partial charge in [0, 0.05) is 18.6 Å². The average Bonchev–Trinajstić information content (AvgIpc) is 2.66. The molecule has 2 fully saturated rings. The third-order valence-electron chi connectivity index (χ3n) is 5.45. The predicted octanol–water partition coefficient (Wildman–Crippen LogP) is 3.83. The first-order chi connectivity index (χ1) is 9.28. The Kier molecular flexibility index (Phi) is 6.15. The molecule has 0 amide bonds. The Labute approximate surface area is 119 Å². The Morgan fingerprint density at radius 2 is 1.84 bits per heavy atom. The number of hydrogen-bond donors (Lipinski definition) is 1. The average molecular weight is 267 g/mol. The van der Waals surface area contributed by atoms with Crippen molar-refractivity contribution in [3.63, 3.8) is 0 Å². The van der Waals surface area contributed by atoms with Crippen LogP contribution < -0.4 is 0 Å². The second-order valence-electron chi connectivity index (χ2n) is 7.08. The molecule has 2 nitrogen and oxygen atoms in total. The zero-order valence-electron chi connectivity index (χ0n) is 12.9. The topological polar surface area (TPSA) is 23.5 Å². The molecule has 0 bridgehead atoms. The lowest BCUT2D eigenvalue weighted by atomic mass is 9.74. The highest BCUT2D eigenvalue weighted by Gasteiger charge is 2.33. The van der Waals surface area contributed by atoms with Crippen molar-refractivity contribution in [3.05, 3.63) is 0 Å². The highest BCUT2D eigenvalue weighted by molar-refractivity contribution is 4.86. The van der Waals surface area contributed by atoms with E-state index in [1.165, 1.54) is 77.3 Å². The first-order valence-corrected chi connectivity index (χ1v) is 8.61. The van der Waals surface area contributed by atoms with Gasteiger partial charge in [-0.05, 0) is 51.1 Å². The monoisotopic (exact) mass is 267 g/mol. The zero-order chi connectivity index (χ0) is 13.6. The Hall–Kier alpha value is -0.0800. The molecule has 112 valence electrons. The molecule has 1 N–H and O–H groups in total. The van der Waals surface area contributed by atoms with Gasteiger partial charge in [0.25, 0.3) is 0 Å². The van der Waals surface area contributed by atoms with Gasteiger partial charge in [0.1, 0.15) is 0 Å². The van der Waals surface area contributed by atoms with Gasteiger partial charge < -0.3 is 10.0 Å². The maximum Gasteiger partial charge on any atom is 0.0499 e. The van der Waals surface area contributed by atoms with Gasteiger partial charge in [0.05, 0.1) is 0 Å². The van der Waals surface area contributed by atoms with E-state index in [1.54, 1.807) is 0 Å². The molecule has 19 heavy (non-hydrogen) atoms. The summed E-state index contributed by atoms with van der Waals surface area (Å²) in [5.74, 6) is 0.964. The van der Waals surface area contributed by atoms with Gasteiger partial charge >= 0.3 is 0 Å². The molecule has 0 radical (unpaired) electrons. The third kappa shape index (κ3) is 4.46. The van der Waals surface area contributed by atoms with Crippen molar-refractivity contribution in [2.45, 2.75) is 71.1 Å². The van der Waals surface area contributed by atoms with Crippen LogP contribution in [0.25, 0.3) is 0 Å². The molecule has 0 spiro atoms. The fourth-order valence-electron chi connectivity index (χ4n) is 4.22. The van der Waals surface area contributed by atoms with E-state index in [0.29, 0.717) is 6.61 Å². The second kappa shape index (κ2) is 7.64. The lowest BCUT2D eigenvalue weighted by molar-refractivity contribution is 0.0411. The van der Waals surface area contributed by atoms with Crippen LogP contribution in [0.2, 0.25) is 0 Å². The first kappa shape index (κ1) is 15.3. The molecule has 1 aliphatic carbocycles. The SMILES string of the molecule is CCCC1CCCN(CC2(CO)CCCCC2)CC1. The van der Waals surface area contributed by atoms with Crippen molar-refractivity contribution < 1.29 is 5.11 Å². The molecular formula is C17H33NO. The smallest absolute Gasteiger partial charge is 0.0499 e. The molecular weight excluding hydrogens is 234 g/mol. The molecule has 1 aliphatic heterocycles. The van der Waals surface area contributed by atoms with Crippen LogP contribution in [0.1, 0.15) is 71.1 Å². The number of rotatable bonds is 5. The fourth-order valence-corrected chi connectivity index (χ4v) is 4.22. The first-order valence-electron chi connectivity index (χ1n) is 8.61. The van der Waals surface area contributed by atoms with Crippen molar-refractivity contribution in [1.82, 2.24) is 4.90 Å². The van der Waals surface area contributed by atoms with E-state index in [0.717, 1.165) is 12.5 Å². The third-order valence-corrected chi connectivity index (χ3v) is 5.45. The van der Waals surface area contributed by atoms with Gasteiger partial charge in [-0.1, -0.05) is 39.0 Å². The van der Waals surface area contributed by atoms with E-state index in [9.17, 15) is 5.11 Å². The van der Waals surface area contributed by atoms with Gasteiger partial charge in [0.15, 0.2) is 0 Å². The molecule has 1 atom stereocenters. The Morgan fingerprint density at radius 3 is 2.53 bits per heavy atom. The summed E-state index contributed by atoms with van der Waals surface area (Å²) < 4.78 is 0. The quantitative estimate of drug-likeness (QED) is 0.818. The molecule has 1 unspecified atom stereocenters. The van der Waals surface area contributed by atoms with Gasteiger partial charge in [-0.15, -0.1) is 0 Å². The minimum absolute atomic E-state index is 0.239. The molecule has 2 heteroatoms. The van der Waals surface area contributed by atoms with Crippen LogP contribution in [-0.4, -0.2) is 36.2 Å². The van der Waals surface area contributed by atoms with Gasteiger partial charge in [0.2, 0.25) is 0 Å². The highest BCUT2D eigenvalue weighted by atomic mass is 16.3. The summed E-state index contributed by atoms with van der Waals surface area (Å²) >= 11 is 0. The molecule has 1 saturated heterocycles. The van der Waals surface area contributed by atoms with E-state index in [2.05, 4.69) is 11.8 Å². The number of hydrogen-bond acceptors (Lipinski definition) is 2.